The first kappa shape index (κ1) is 19.1. The summed E-state index contributed by atoms with van der Waals surface area (Å²) in [5, 5.41) is 2.94. The maximum atomic E-state index is 13.1. The van der Waals surface area contributed by atoms with Crippen LogP contribution in [0.5, 0.6) is 0 Å². The summed E-state index contributed by atoms with van der Waals surface area (Å²) in [6, 6.07) is 7.38. The van der Waals surface area contributed by atoms with Gasteiger partial charge in [-0.1, -0.05) is 0 Å². The van der Waals surface area contributed by atoms with Gasteiger partial charge < -0.3 is 15.0 Å². The van der Waals surface area contributed by atoms with Crippen LogP contribution in [0.2, 0.25) is 0 Å². The number of amides is 2. The van der Waals surface area contributed by atoms with Gasteiger partial charge in [-0.15, -0.1) is 0 Å². The first-order valence-corrected chi connectivity index (χ1v) is 11.2. The Morgan fingerprint density at radius 3 is 2.55 bits per heavy atom. The van der Waals surface area contributed by atoms with Crippen molar-refractivity contribution in [1.82, 2.24) is 9.80 Å². The topological polar surface area (TPSA) is 61.9 Å². The van der Waals surface area contributed by atoms with Crippen LogP contribution in [-0.2, 0) is 9.53 Å². The minimum Gasteiger partial charge on any atom is -0.377 e. The summed E-state index contributed by atoms with van der Waals surface area (Å²) >= 11 is 0. The molecule has 3 saturated heterocycles. The van der Waals surface area contributed by atoms with E-state index in [1.54, 1.807) is 0 Å². The maximum absolute atomic E-state index is 13.1. The van der Waals surface area contributed by atoms with Crippen molar-refractivity contribution in [2.45, 2.75) is 56.6 Å². The third-order valence-electron chi connectivity index (χ3n) is 7.16. The molecule has 5 rings (SSSR count). The highest BCUT2D eigenvalue weighted by Gasteiger charge is 2.48. The molecule has 1 spiro atoms. The summed E-state index contributed by atoms with van der Waals surface area (Å²) in [6.07, 6.45) is 8.10. The number of nitrogens with one attached hydrogen (secondary N) is 1. The molecule has 1 N–H and O–H groups in total. The van der Waals surface area contributed by atoms with Gasteiger partial charge in [0.1, 0.15) is 0 Å². The predicted octanol–water partition coefficient (Wildman–Crippen LogP) is 2.89. The van der Waals surface area contributed by atoms with Crippen LogP contribution in [0.25, 0.3) is 0 Å². The predicted molar refractivity (Wildman–Crippen MR) is 111 cm³/mol. The standard InChI is InChI=1S/C23H31N3O3/c27-21(17-4-5-17)24-19-8-6-18(7-9-19)22(28)25-12-2-10-23(16-25)11-13-26(23)15-20-3-1-14-29-20/h6-9,17,20H,1-5,10-16H2,(H,24,27)/t20-,23+/m1/s1. The molecule has 1 aromatic rings. The highest BCUT2D eigenvalue weighted by atomic mass is 16.5. The van der Waals surface area contributed by atoms with Crippen molar-refractivity contribution < 1.29 is 14.3 Å². The quantitative estimate of drug-likeness (QED) is 0.830. The normalized spacial score (nSPS) is 29.7. The fraction of sp³-hybridized carbons (Fsp3) is 0.652. The lowest BCUT2D eigenvalue weighted by molar-refractivity contribution is -0.117. The molecule has 1 saturated carbocycles. The summed E-state index contributed by atoms with van der Waals surface area (Å²) in [5.74, 6) is 0.382. The van der Waals surface area contributed by atoms with Crippen molar-refractivity contribution in [1.29, 1.82) is 0 Å². The number of hydrogen-bond acceptors (Lipinski definition) is 4. The average Bonchev–Trinajstić information content (AvgIpc) is 3.48. The first-order chi connectivity index (χ1) is 14.1. The van der Waals surface area contributed by atoms with Gasteiger partial charge in [0, 0.05) is 55.5 Å². The fourth-order valence-electron chi connectivity index (χ4n) is 5.12. The molecule has 0 aromatic heterocycles. The number of nitrogens with zero attached hydrogens (tertiary/aromatic N) is 2. The second kappa shape index (κ2) is 7.73. The van der Waals surface area contributed by atoms with E-state index in [4.69, 9.17) is 4.74 Å². The number of carbonyl (C=O) groups is 2. The van der Waals surface area contributed by atoms with Gasteiger partial charge in [-0.05, 0) is 69.2 Å². The van der Waals surface area contributed by atoms with Crippen LogP contribution in [0.1, 0.15) is 55.3 Å². The molecule has 6 heteroatoms. The second-order valence-corrected chi connectivity index (χ2v) is 9.23. The minimum absolute atomic E-state index is 0.0957. The number of carbonyl (C=O) groups excluding carboxylic acids is 2. The Bertz CT molecular complexity index is 770. The van der Waals surface area contributed by atoms with Gasteiger partial charge in [0.2, 0.25) is 5.91 Å². The van der Waals surface area contributed by atoms with Crippen molar-refractivity contribution in [3.05, 3.63) is 29.8 Å². The third kappa shape index (κ3) is 3.92. The van der Waals surface area contributed by atoms with E-state index in [2.05, 4.69) is 10.2 Å². The van der Waals surface area contributed by atoms with Crippen LogP contribution < -0.4 is 5.32 Å². The molecule has 3 aliphatic heterocycles. The molecule has 0 unspecified atom stereocenters. The molecule has 1 aromatic carbocycles. The van der Waals surface area contributed by atoms with E-state index < -0.39 is 0 Å². The van der Waals surface area contributed by atoms with Gasteiger partial charge in [-0.25, -0.2) is 0 Å². The largest absolute Gasteiger partial charge is 0.377 e. The lowest BCUT2D eigenvalue weighted by Gasteiger charge is -2.57. The summed E-state index contributed by atoms with van der Waals surface area (Å²) in [7, 11) is 0. The zero-order valence-electron chi connectivity index (χ0n) is 17.1. The third-order valence-corrected chi connectivity index (χ3v) is 7.16. The number of likely N-dealkylation sites (tertiary alicyclic amines) is 2. The highest BCUT2D eigenvalue weighted by Crippen LogP contribution is 2.39. The van der Waals surface area contributed by atoms with Crippen LogP contribution >= 0.6 is 0 Å². The molecule has 4 fully saturated rings. The van der Waals surface area contributed by atoms with E-state index in [1.165, 1.54) is 25.7 Å². The smallest absolute Gasteiger partial charge is 0.253 e. The summed E-state index contributed by atoms with van der Waals surface area (Å²) < 4.78 is 5.84. The Hall–Kier alpha value is -1.92. The zero-order valence-corrected chi connectivity index (χ0v) is 17.1. The molecule has 0 bridgehead atoms. The summed E-state index contributed by atoms with van der Waals surface area (Å²) in [5.41, 5.74) is 1.63. The van der Waals surface area contributed by atoms with Gasteiger partial charge in [0.05, 0.1) is 6.10 Å². The first-order valence-electron chi connectivity index (χ1n) is 11.2. The van der Waals surface area contributed by atoms with E-state index in [0.29, 0.717) is 11.7 Å². The molecule has 0 radical (unpaired) electrons. The molecule has 2 amide bonds. The lowest BCUT2D eigenvalue weighted by atomic mass is 9.77. The maximum Gasteiger partial charge on any atom is 0.253 e. The van der Waals surface area contributed by atoms with Crippen molar-refractivity contribution in [3.8, 4) is 0 Å². The Morgan fingerprint density at radius 2 is 1.90 bits per heavy atom. The van der Waals surface area contributed by atoms with Crippen molar-refractivity contribution in [3.63, 3.8) is 0 Å². The molecule has 1 aliphatic carbocycles. The molecule has 29 heavy (non-hydrogen) atoms. The molecule has 156 valence electrons. The number of anilines is 1. The van der Waals surface area contributed by atoms with Gasteiger partial charge in [-0.2, -0.15) is 0 Å². The molecular weight excluding hydrogens is 366 g/mol. The highest BCUT2D eigenvalue weighted by molar-refractivity contribution is 5.96. The summed E-state index contributed by atoms with van der Waals surface area (Å²) in [6.45, 7) is 4.68. The number of hydrogen-bond donors (Lipinski definition) is 1. The van der Waals surface area contributed by atoms with Gasteiger partial charge >= 0.3 is 0 Å². The van der Waals surface area contributed by atoms with Crippen LogP contribution in [-0.4, -0.2) is 66.0 Å². The Balaban J connectivity index is 1.21. The number of piperidine rings is 1. The van der Waals surface area contributed by atoms with Crippen LogP contribution in [0.15, 0.2) is 24.3 Å². The van der Waals surface area contributed by atoms with E-state index in [0.717, 1.165) is 57.7 Å². The van der Waals surface area contributed by atoms with Gasteiger partial charge in [-0.3, -0.25) is 14.5 Å². The Morgan fingerprint density at radius 1 is 1.07 bits per heavy atom. The Kier molecular flexibility index (Phi) is 5.08. The second-order valence-electron chi connectivity index (χ2n) is 9.23. The average molecular weight is 398 g/mol. The van der Waals surface area contributed by atoms with Crippen LogP contribution in [0.3, 0.4) is 0 Å². The number of ether oxygens (including phenoxy) is 1. The SMILES string of the molecule is O=C(Nc1ccc(C(=O)N2CCC[C@]3(CCN3C[C@H]3CCCO3)C2)cc1)C1CC1. The van der Waals surface area contributed by atoms with Crippen molar-refractivity contribution in [2.24, 2.45) is 5.92 Å². The minimum atomic E-state index is 0.0957. The van der Waals surface area contributed by atoms with Gasteiger partial charge in [0.15, 0.2) is 0 Å². The van der Waals surface area contributed by atoms with Gasteiger partial charge in [0.25, 0.3) is 5.91 Å². The molecule has 6 nitrogen and oxygen atoms in total. The van der Waals surface area contributed by atoms with Crippen molar-refractivity contribution >= 4 is 17.5 Å². The van der Waals surface area contributed by atoms with E-state index in [1.807, 2.05) is 29.2 Å². The van der Waals surface area contributed by atoms with E-state index in [-0.39, 0.29) is 23.3 Å². The monoisotopic (exact) mass is 397 g/mol. The number of rotatable bonds is 5. The van der Waals surface area contributed by atoms with Crippen LogP contribution in [0.4, 0.5) is 5.69 Å². The molecule has 3 heterocycles. The molecule has 4 aliphatic rings. The van der Waals surface area contributed by atoms with Crippen molar-refractivity contribution in [2.75, 3.05) is 38.1 Å². The number of benzene rings is 1. The van der Waals surface area contributed by atoms with E-state index in [9.17, 15) is 9.59 Å². The fourth-order valence-corrected chi connectivity index (χ4v) is 5.12. The zero-order chi connectivity index (χ0) is 19.8. The summed E-state index contributed by atoms with van der Waals surface area (Å²) in [4.78, 5) is 29.6. The lowest BCUT2D eigenvalue weighted by Crippen LogP contribution is -2.68. The van der Waals surface area contributed by atoms with Crippen LogP contribution in [0, 0.1) is 5.92 Å². The van der Waals surface area contributed by atoms with E-state index >= 15 is 0 Å². The Labute approximate surface area is 172 Å². The molecule has 2 atom stereocenters. The molecular formula is C23H31N3O3.